The predicted octanol–water partition coefficient (Wildman–Crippen LogP) is 5.72. The number of thioether (sulfide) groups is 2. The van der Waals surface area contributed by atoms with Crippen LogP contribution in [-0.2, 0) is 26.6 Å². The maximum absolute atomic E-state index is 5.92. The molecule has 0 fully saturated rings. The Kier molecular flexibility index (Phi) is 22.0. The SMILES string of the molecule is CCO[Si](CCSCCCCCSCC[Si](OCC)(OCC)OCC)(OCC)OCC. The zero-order valence-electron chi connectivity index (χ0n) is 20.9. The van der Waals surface area contributed by atoms with Crippen LogP contribution in [0.4, 0.5) is 0 Å². The van der Waals surface area contributed by atoms with E-state index in [-0.39, 0.29) is 0 Å². The first kappa shape index (κ1) is 31.9. The van der Waals surface area contributed by atoms with Crippen molar-refractivity contribution in [1.29, 1.82) is 0 Å². The molecule has 0 aliphatic heterocycles. The highest BCUT2D eigenvalue weighted by Gasteiger charge is 2.40. The minimum atomic E-state index is -2.47. The molecule has 188 valence electrons. The van der Waals surface area contributed by atoms with Gasteiger partial charge in [-0.25, -0.2) is 0 Å². The Bertz CT molecular complexity index is 329. The molecule has 0 atom stereocenters. The lowest BCUT2D eigenvalue weighted by atomic mass is 10.3. The second kappa shape index (κ2) is 21.4. The van der Waals surface area contributed by atoms with Gasteiger partial charge in [-0.05, 0) is 77.4 Å². The van der Waals surface area contributed by atoms with Gasteiger partial charge in [-0.15, -0.1) is 0 Å². The summed E-state index contributed by atoms with van der Waals surface area (Å²) >= 11 is 3.98. The normalized spacial score (nSPS) is 12.6. The van der Waals surface area contributed by atoms with Gasteiger partial charge >= 0.3 is 17.6 Å². The Morgan fingerprint density at radius 2 is 0.710 bits per heavy atom. The quantitative estimate of drug-likeness (QED) is 0.119. The fourth-order valence-corrected chi connectivity index (χ4v) is 11.6. The highest BCUT2D eigenvalue weighted by Crippen LogP contribution is 2.22. The molecule has 0 aromatic heterocycles. The summed E-state index contributed by atoms with van der Waals surface area (Å²) in [5.41, 5.74) is 0. The van der Waals surface area contributed by atoms with Crippen LogP contribution in [0.25, 0.3) is 0 Å². The first-order valence-corrected chi connectivity index (χ1v) is 18.2. The molecule has 0 aliphatic carbocycles. The van der Waals surface area contributed by atoms with E-state index in [0.29, 0.717) is 39.6 Å². The zero-order valence-corrected chi connectivity index (χ0v) is 24.5. The average molecular weight is 517 g/mol. The summed E-state index contributed by atoms with van der Waals surface area (Å²) in [4.78, 5) is 0. The number of hydrogen-bond acceptors (Lipinski definition) is 8. The van der Waals surface area contributed by atoms with E-state index in [2.05, 4.69) is 0 Å². The van der Waals surface area contributed by atoms with Crippen molar-refractivity contribution in [3.05, 3.63) is 0 Å². The summed E-state index contributed by atoms with van der Waals surface area (Å²) in [5, 5.41) is 0. The summed E-state index contributed by atoms with van der Waals surface area (Å²) in [6, 6.07) is 1.79. The molecule has 0 amide bonds. The maximum atomic E-state index is 5.92. The van der Waals surface area contributed by atoms with E-state index in [1.807, 2.05) is 65.1 Å². The molecular weight excluding hydrogens is 469 g/mol. The lowest BCUT2D eigenvalue weighted by Crippen LogP contribution is -2.46. The summed E-state index contributed by atoms with van der Waals surface area (Å²) in [6.45, 7) is 16.0. The van der Waals surface area contributed by atoms with Crippen LogP contribution in [-0.4, -0.2) is 80.3 Å². The third-order valence-corrected chi connectivity index (χ3v) is 13.3. The summed E-state index contributed by atoms with van der Waals surface area (Å²) in [7, 11) is -4.94. The van der Waals surface area contributed by atoms with Gasteiger partial charge < -0.3 is 26.6 Å². The minimum Gasteiger partial charge on any atom is -0.374 e. The van der Waals surface area contributed by atoms with Gasteiger partial charge in [0.1, 0.15) is 0 Å². The van der Waals surface area contributed by atoms with Crippen molar-refractivity contribution in [2.24, 2.45) is 0 Å². The molecule has 0 aromatic rings. The fourth-order valence-electron chi connectivity index (χ4n) is 3.19. The third-order valence-electron chi connectivity index (χ3n) is 4.37. The maximum Gasteiger partial charge on any atom is 0.501 e. The van der Waals surface area contributed by atoms with Gasteiger partial charge in [0.2, 0.25) is 0 Å². The molecule has 0 heterocycles. The van der Waals surface area contributed by atoms with Crippen LogP contribution in [0.2, 0.25) is 12.1 Å². The second-order valence-electron chi connectivity index (χ2n) is 6.75. The molecule has 0 bridgehead atoms. The van der Waals surface area contributed by atoms with Crippen LogP contribution in [0.3, 0.4) is 0 Å². The first-order chi connectivity index (χ1) is 15.1. The summed E-state index contributed by atoms with van der Waals surface area (Å²) in [5.74, 6) is 4.46. The van der Waals surface area contributed by atoms with Crippen molar-refractivity contribution in [3.63, 3.8) is 0 Å². The van der Waals surface area contributed by atoms with Gasteiger partial charge in [-0.3, -0.25) is 0 Å². The van der Waals surface area contributed by atoms with Crippen molar-refractivity contribution < 1.29 is 26.6 Å². The summed E-state index contributed by atoms with van der Waals surface area (Å²) < 4.78 is 35.5. The fraction of sp³-hybridized carbons (Fsp3) is 1.00. The van der Waals surface area contributed by atoms with Crippen molar-refractivity contribution in [3.8, 4) is 0 Å². The lowest BCUT2D eigenvalue weighted by molar-refractivity contribution is 0.0720. The van der Waals surface area contributed by atoms with Gasteiger partial charge in [-0.2, -0.15) is 23.5 Å². The van der Waals surface area contributed by atoms with Crippen LogP contribution >= 0.6 is 23.5 Å². The largest absolute Gasteiger partial charge is 0.501 e. The molecule has 0 N–H and O–H groups in total. The first-order valence-electron chi connectivity index (χ1n) is 12.1. The Morgan fingerprint density at radius 3 is 0.968 bits per heavy atom. The lowest BCUT2D eigenvalue weighted by Gasteiger charge is -2.28. The molecule has 0 spiro atoms. The second-order valence-corrected chi connectivity index (χ2v) is 14.7. The van der Waals surface area contributed by atoms with E-state index < -0.39 is 17.6 Å². The number of hydrogen-bond donors (Lipinski definition) is 0. The van der Waals surface area contributed by atoms with E-state index in [1.165, 1.54) is 30.8 Å². The van der Waals surface area contributed by atoms with E-state index in [9.17, 15) is 0 Å². The molecule has 6 nitrogen and oxygen atoms in total. The average Bonchev–Trinajstić information content (AvgIpc) is 2.73. The van der Waals surface area contributed by atoms with Crippen molar-refractivity contribution >= 4 is 41.1 Å². The van der Waals surface area contributed by atoms with E-state index >= 15 is 0 Å². The zero-order chi connectivity index (χ0) is 23.3. The number of unbranched alkanes of at least 4 members (excludes halogenated alkanes) is 2. The number of rotatable bonds is 24. The van der Waals surface area contributed by atoms with Crippen LogP contribution < -0.4 is 0 Å². The van der Waals surface area contributed by atoms with Gasteiger partial charge in [0, 0.05) is 51.7 Å². The highest BCUT2D eigenvalue weighted by molar-refractivity contribution is 7.99. The Balaban J connectivity index is 3.91. The van der Waals surface area contributed by atoms with Crippen molar-refractivity contribution in [2.75, 3.05) is 62.7 Å². The minimum absolute atomic E-state index is 0.651. The van der Waals surface area contributed by atoms with Crippen molar-refractivity contribution in [2.45, 2.75) is 72.9 Å². The Morgan fingerprint density at radius 1 is 0.419 bits per heavy atom. The highest BCUT2D eigenvalue weighted by atomic mass is 32.2. The smallest absolute Gasteiger partial charge is 0.374 e. The molecule has 0 unspecified atom stereocenters. The Labute approximate surface area is 202 Å². The molecule has 0 saturated carbocycles. The molecule has 0 radical (unpaired) electrons. The van der Waals surface area contributed by atoms with Gasteiger partial charge in [0.25, 0.3) is 0 Å². The van der Waals surface area contributed by atoms with Crippen LogP contribution in [0.5, 0.6) is 0 Å². The Hall–Kier alpha value is 0.894. The molecule has 0 rings (SSSR count). The molecular formula is C21H48O6S2Si2. The van der Waals surface area contributed by atoms with Gasteiger partial charge in [-0.1, -0.05) is 6.42 Å². The molecule has 31 heavy (non-hydrogen) atoms. The van der Waals surface area contributed by atoms with Gasteiger partial charge in [0.15, 0.2) is 0 Å². The molecule has 10 heteroatoms. The van der Waals surface area contributed by atoms with E-state index in [0.717, 1.165) is 23.6 Å². The summed E-state index contributed by atoms with van der Waals surface area (Å²) in [6.07, 6.45) is 3.79. The topological polar surface area (TPSA) is 55.4 Å². The molecule has 0 saturated heterocycles. The van der Waals surface area contributed by atoms with Crippen LogP contribution in [0, 0.1) is 0 Å². The van der Waals surface area contributed by atoms with Crippen LogP contribution in [0.1, 0.15) is 60.8 Å². The van der Waals surface area contributed by atoms with E-state index in [1.54, 1.807) is 0 Å². The molecule has 0 aromatic carbocycles. The van der Waals surface area contributed by atoms with E-state index in [4.69, 9.17) is 26.6 Å². The molecule has 0 aliphatic rings. The van der Waals surface area contributed by atoms with Gasteiger partial charge in [0.05, 0.1) is 0 Å². The standard InChI is InChI=1S/C21H48O6S2Si2/c1-7-22-30(23-8-2,24-9-3)20-18-28-16-14-13-15-17-29-19-21-31(25-10-4,26-11-5)27-12-6/h7-21H2,1-6H3. The van der Waals surface area contributed by atoms with Crippen molar-refractivity contribution in [1.82, 2.24) is 0 Å². The monoisotopic (exact) mass is 516 g/mol. The third kappa shape index (κ3) is 15.4. The van der Waals surface area contributed by atoms with Crippen LogP contribution in [0.15, 0.2) is 0 Å². The predicted molar refractivity (Wildman–Crippen MR) is 139 cm³/mol.